The number of nitrogens with zero attached hydrogens (tertiary/aromatic N) is 2. The van der Waals surface area contributed by atoms with Crippen molar-refractivity contribution < 1.29 is 14.1 Å². The number of aryl methyl sites for hydroxylation is 3. The summed E-state index contributed by atoms with van der Waals surface area (Å²) in [6, 6.07) is 7.81. The number of carbonyl (C=O) groups excluding carboxylic acids is 2. The summed E-state index contributed by atoms with van der Waals surface area (Å²) in [4.78, 5) is 27.4. The van der Waals surface area contributed by atoms with E-state index in [1.54, 1.807) is 13.8 Å². The van der Waals surface area contributed by atoms with Crippen LogP contribution in [0.2, 0.25) is 0 Å². The first kappa shape index (κ1) is 19.1. The van der Waals surface area contributed by atoms with Crippen LogP contribution in [0.5, 0.6) is 0 Å². The predicted molar refractivity (Wildman–Crippen MR) is 104 cm³/mol. The molecule has 1 fully saturated rings. The molecule has 2 aromatic rings. The van der Waals surface area contributed by atoms with Gasteiger partial charge in [-0.2, -0.15) is 0 Å². The average molecular weight is 369 g/mol. The summed E-state index contributed by atoms with van der Waals surface area (Å²) in [5.41, 5.74) is 2.67. The molecule has 1 heterocycles. The minimum Gasteiger partial charge on any atom is -0.361 e. The molecule has 1 aliphatic rings. The van der Waals surface area contributed by atoms with E-state index in [-0.39, 0.29) is 24.4 Å². The molecule has 0 bridgehead atoms. The second-order valence-corrected chi connectivity index (χ2v) is 7.33. The number of hydrogen-bond acceptors (Lipinski definition) is 4. The second-order valence-electron chi connectivity index (χ2n) is 7.33. The second kappa shape index (κ2) is 8.37. The average Bonchev–Trinajstić information content (AvgIpc) is 2.98. The normalized spacial score (nSPS) is 14.8. The molecule has 1 aromatic heterocycles. The van der Waals surface area contributed by atoms with E-state index in [1.807, 2.05) is 31.2 Å². The SMILES string of the molecule is Cc1cccc(N(CC(=O)NC2CCCCC2)C(=O)c2c(C)noc2C)c1. The number of nitrogens with one attached hydrogen (secondary N) is 1. The molecule has 0 saturated heterocycles. The maximum Gasteiger partial charge on any atom is 0.264 e. The summed E-state index contributed by atoms with van der Waals surface area (Å²) in [6.45, 7) is 5.39. The first-order chi connectivity index (χ1) is 13.0. The Bertz CT molecular complexity index is 802. The van der Waals surface area contributed by atoms with Crippen molar-refractivity contribution >= 4 is 17.5 Å². The Labute approximate surface area is 159 Å². The van der Waals surface area contributed by atoms with Gasteiger partial charge in [0.25, 0.3) is 5.91 Å². The highest BCUT2D eigenvalue weighted by Crippen LogP contribution is 2.22. The Kier molecular flexibility index (Phi) is 5.94. The molecule has 1 aliphatic carbocycles. The van der Waals surface area contributed by atoms with Crippen LogP contribution in [-0.4, -0.2) is 29.6 Å². The molecule has 3 rings (SSSR count). The van der Waals surface area contributed by atoms with Gasteiger partial charge in [0.2, 0.25) is 5.91 Å². The summed E-state index contributed by atoms with van der Waals surface area (Å²) >= 11 is 0. The Morgan fingerprint density at radius 2 is 1.93 bits per heavy atom. The van der Waals surface area contributed by atoms with Crippen LogP contribution in [0.25, 0.3) is 0 Å². The predicted octanol–water partition coefficient (Wildman–Crippen LogP) is 3.70. The lowest BCUT2D eigenvalue weighted by molar-refractivity contribution is -0.120. The van der Waals surface area contributed by atoms with Crippen molar-refractivity contribution in [1.82, 2.24) is 10.5 Å². The summed E-state index contributed by atoms with van der Waals surface area (Å²) in [7, 11) is 0. The maximum atomic E-state index is 13.2. The smallest absolute Gasteiger partial charge is 0.264 e. The van der Waals surface area contributed by atoms with Gasteiger partial charge in [0.05, 0.1) is 5.69 Å². The number of anilines is 1. The topological polar surface area (TPSA) is 75.4 Å². The number of carbonyl (C=O) groups is 2. The minimum absolute atomic E-state index is 0.0250. The standard InChI is InChI=1S/C21H27N3O3/c1-14-8-7-11-18(12-14)24(21(26)20-15(2)23-27-16(20)3)13-19(25)22-17-9-5-4-6-10-17/h7-8,11-12,17H,4-6,9-10,13H2,1-3H3,(H,22,25). The molecule has 2 amide bonds. The molecule has 144 valence electrons. The van der Waals surface area contributed by atoms with E-state index in [2.05, 4.69) is 10.5 Å². The zero-order chi connectivity index (χ0) is 19.4. The van der Waals surface area contributed by atoms with Crippen LogP contribution in [0.3, 0.4) is 0 Å². The van der Waals surface area contributed by atoms with Gasteiger partial charge in [-0.25, -0.2) is 0 Å². The monoisotopic (exact) mass is 369 g/mol. The Morgan fingerprint density at radius 1 is 1.19 bits per heavy atom. The van der Waals surface area contributed by atoms with Crippen LogP contribution in [-0.2, 0) is 4.79 Å². The van der Waals surface area contributed by atoms with E-state index < -0.39 is 0 Å². The van der Waals surface area contributed by atoms with Crippen LogP contribution in [0.4, 0.5) is 5.69 Å². The molecule has 1 aromatic carbocycles. The third-order valence-electron chi connectivity index (χ3n) is 5.08. The van der Waals surface area contributed by atoms with Crippen molar-refractivity contribution in [3.63, 3.8) is 0 Å². The first-order valence-corrected chi connectivity index (χ1v) is 9.56. The third kappa shape index (κ3) is 4.56. The van der Waals surface area contributed by atoms with Gasteiger partial charge < -0.3 is 9.84 Å². The number of aromatic nitrogens is 1. The fourth-order valence-corrected chi connectivity index (χ4v) is 3.66. The highest BCUT2D eigenvalue weighted by Gasteiger charge is 2.27. The number of hydrogen-bond donors (Lipinski definition) is 1. The van der Waals surface area contributed by atoms with Crippen molar-refractivity contribution in [1.29, 1.82) is 0 Å². The minimum atomic E-state index is -0.268. The molecule has 6 heteroatoms. The summed E-state index contributed by atoms with van der Waals surface area (Å²) < 4.78 is 5.15. The quantitative estimate of drug-likeness (QED) is 0.872. The fourth-order valence-electron chi connectivity index (χ4n) is 3.66. The number of benzene rings is 1. The Balaban J connectivity index is 1.83. The summed E-state index contributed by atoms with van der Waals surface area (Å²) in [6.07, 6.45) is 5.53. The van der Waals surface area contributed by atoms with E-state index in [9.17, 15) is 9.59 Å². The molecule has 1 N–H and O–H groups in total. The molecule has 0 unspecified atom stereocenters. The van der Waals surface area contributed by atoms with Crippen molar-refractivity contribution in [2.24, 2.45) is 0 Å². The van der Waals surface area contributed by atoms with Crippen molar-refractivity contribution in [2.45, 2.75) is 58.9 Å². The van der Waals surface area contributed by atoms with Gasteiger partial charge in [-0.3, -0.25) is 14.5 Å². The summed E-state index contributed by atoms with van der Waals surface area (Å²) in [5, 5.41) is 6.97. The Morgan fingerprint density at radius 3 is 2.56 bits per heavy atom. The van der Waals surface area contributed by atoms with Crippen LogP contribution < -0.4 is 10.2 Å². The van der Waals surface area contributed by atoms with Gasteiger partial charge >= 0.3 is 0 Å². The van der Waals surface area contributed by atoms with Gasteiger partial charge in [0.1, 0.15) is 17.9 Å². The number of amides is 2. The van der Waals surface area contributed by atoms with Crippen LogP contribution in [0, 0.1) is 20.8 Å². The van der Waals surface area contributed by atoms with Gasteiger partial charge in [-0.05, 0) is 51.3 Å². The first-order valence-electron chi connectivity index (χ1n) is 9.56. The van der Waals surface area contributed by atoms with Crippen molar-refractivity contribution in [3.05, 3.63) is 46.8 Å². The number of rotatable bonds is 5. The largest absolute Gasteiger partial charge is 0.361 e. The van der Waals surface area contributed by atoms with Crippen molar-refractivity contribution in [3.8, 4) is 0 Å². The van der Waals surface area contributed by atoms with E-state index in [1.165, 1.54) is 11.3 Å². The lowest BCUT2D eigenvalue weighted by Gasteiger charge is -2.26. The zero-order valence-corrected chi connectivity index (χ0v) is 16.2. The highest BCUT2D eigenvalue weighted by molar-refractivity contribution is 6.09. The molecule has 6 nitrogen and oxygen atoms in total. The van der Waals surface area contributed by atoms with E-state index in [0.717, 1.165) is 31.2 Å². The molecule has 0 spiro atoms. The maximum absolute atomic E-state index is 13.2. The van der Waals surface area contributed by atoms with E-state index in [4.69, 9.17) is 4.52 Å². The third-order valence-corrected chi connectivity index (χ3v) is 5.08. The van der Waals surface area contributed by atoms with Gasteiger partial charge in [0, 0.05) is 11.7 Å². The highest BCUT2D eigenvalue weighted by atomic mass is 16.5. The van der Waals surface area contributed by atoms with E-state index >= 15 is 0 Å². The Hall–Kier alpha value is -2.63. The molecule has 27 heavy (non-hydrogen) atoms. The fraction of sp³-hybridized carbons (Fsp3) is 0.476. The van der Waals surface area contributed by atoms with Gasteiger partial charge in [0.15, 0.2) is 0 Å². The van der Waals surface area contributed by atoms with Gasteiger partial charge in [-0.15, -0.1) is 0 Å². The lowest BCUT2D eigenvalue weighted by Crippen LogP contribution is -2.45. The zero-order valence-electron chi connectivity index (χ0n) is 16.2. The molecular weight excluding hydrogens is 342 g/mol. The molecule has 1 saturated carbocycles. The van der Waals surface area contributed by atoms with Gasteiger partial charge in [-0.1, -0.05) is 36.6 Å². The lowest BCUT2D eigenvalue weighted by atomic mass is 9.95. The molecule has 0 aliphatic heterocycles. The molecule has 0 atom stereocenters. The van der Waals surface area contributed by atoms with Crippen molar-refractivity contribution in [2.75, 3.05) is 11.4 Å². The van der Waals surface area contributed by atoms with Crippen LogP contribution >= 0.6 is 0 Å². The van der Waals surface area contributed by atoms with Crippen LogP contribution in [0.1, 0.15) is 59.5 Å². The molecule has 0 radical (unpaired) electrons. The summed E-state index contributed by atoms with van der Waals surface area (Å²) in [5.74, 6) is 0.0574. The molecular formula is C21H27N3O3. The van der Waals surface area contributed by atoms with Crippen LogP contribution in [0.15, 0.2) is 28.8 Å². The van der Waals surface area contributed by atoms with E-state index in [0.29, 0.717) is 22.7 Å².